The molecule has 3 N–H and O–H groups in total. The second kappa shape index (κ2) is 9.75. The number of para-hydroxylation sites is 1. The van der Waals surface area contributed by atoms with Crippen molar-refractivity contribution in [2.24, 2.45) is 0 Å². The van der Waals surface area contributed by atoms with E-state index in [1.54, 1.807) is 0 Å². The highest BCUT2D eigenvalue weighted by Crippen LogP contribution is 2.34. The number of nitrogens with one attached hydrogen (secondary N) is 2. The molecular formula is C27H26N2O3S. The first-order valence-corrected chi connectivity index (χ1v) is 12.2. The number of hydrogen-bond donors (Lipinski definition) is 3. The molecule has 4 aromatic rings. The Kier molecular flexibility index (Phi) is 6.39. The van der Waals surface area contributed by atoms with Crippen molar-refractivity contribution in [2.75, 3.05) is 13.2 Å². The van der Waals surface area contributed by atoms with Gasteiger partial charge in [0, 0.05) is 29.6 Å². The third-order valence-electron chi connectivity index (χ3n) is 5.87. The summed E-state index contributed by atoms with van der Waals surface area (Å²) in [5.41, 5.74) is 5.27. The molecule has 2 heterocycles. The Morgan fingerprint density at radius 3 is 2.70 bits per heavy atom. The lowest BCUT2D eigenvalue weighted by Crippen LogP contribution is -2.36. The van der Waals surface area contributed by atoms with Crippen LogP contribution in [-0.4, -0.2) is 33.6 Å². The van der Waals surface area contributed by atoms with E-state index in [4.69, 9.17) is 4.74 Å². The van der Waals surface area contributed by atoms with Crippen molar-refractivity contribution in [1.29, 1.82) is 0 Å². The fourth-order valence-electron chi connectivity index (χ4n) is 4.21. The van der Waals surface area contributed by atoms with E-state index in [0.29, 0.717) is 23.7 Å². The van der Waals surface area contributed by atoms with E-state index >= 15 is 0 Å². The van der Waals surface area contributed by atoms with E-state index < -0.39 is 11.0 Å². The van der Waals surface area contributed by atoms with Crippen LogP contribution in [0.1, 0.15) is 22.3 Å². The van der Waals surface area contributed by atoms with Gasteiger partial charge in [0.05, 0.1) is 18.1 Å². The van der Waals surface area contributed by atoms with E-state index in [0.717, 1.165) is 39.6 Å². The first-order valence-electron chi connectivity index (χ1n) is 11.1. The monoisotopic (exact) mass is 458 g/mol. The molecule has 2 atom stereocenters. The van der Waals surface area contributed by atoms with Gasteiger partial charge in [-0.25, -0.2) is 8.93 Å². The lowest BCUT2D eigenvalue weighted by molar-refractivity contribution is 0.257. The number of rotatable bonds is 8. The molecule has 1 aliphatic heterocycles. The number of ether oxygens (including phenoxy) is 1. The van der Waals surface area contributed by atoms with Crippen LogP contribution in [0, 0.1) is 0 Å². The van der Waals surface area contributed by atoms with Gasteiger partial charge in [0.2, 0.25) is 0 Å². The maximum Gasteiger partial charge on any atom is 0.140 e. The zero-order valence-electron chi connectivity index (χ0n) is 18.2. The molecule has 0 saturated heterocycles. The summed E-state index contributed by atoms with van der Waals surface area (Å²) < 4.78 is 22.3. The summed E-state index contributed by atoms with van der Waals surface area (Å²) in [5, 5.41) is 11.1. The van der Waals surface area contributed by atoms with Gasteiger partial charge in [-0.3, -0.25) is 0 Å². The molecule has 0 bridgehead atoms. The fraction of sp³-hybridized carbons (Fsp3) is 0.185. The van der Waals surface area contributed by atoms with Gasteiger partial charge in [-0.2, -0.15) is 0 Å². The standard InChI is InChI=1S/C27H26N2O3S/c30-18-23(16-22-17-28-25-9-5-4-8-24(22)25)29-33(31)26-15-20(14-21-12-13-32-27(21)26)11-10-19-6-2-1-3-7-19/h1-11,14-15,17,23,28-30H,12-13,16,18H2/b11-10+. The van der Waals surface area contributed by atoms with E-state index in [1.807, 2.05) is 72.9 Å². The molecule has 0 radical (unpaired) electrons. The SMILES string of the molecule is O=S(NC(CO)Cc1c[nH]c2ccccc12)c1cc(/C=C/c2ccccc2)cc2c1OCC2. The molecule has 0 spiro atoms. The van der Waals surface area contributed by atoms with E-state index in [-0.39, 0.29) is 12.6 Å². The summed E-state index contributed by atoms with van der Waals surface area (Å²) in [7, 11) is -1.53. The number of aliphatic hydroxyl groups excluding tert-OH is 1. The molecule has 6 heteroatoms. The third-order valence-corrected chi connectivity index (χ3v) is 7.12. The average Bonchev–Trinajstić information content (AvgIpc) is 3.49. The first-order chi connectivity index (χ1) is 16.2. The van der Waals surface area contributed by atoms with Crippen molar-refractivity contribution in [3.63, 3.8) is 0 Å². The molecule has 1 aliphatic rings. The van der Waals surface area contributed by atoms with Crippen LogP contribution < -0.4 is 9.46 Å². The smallest absolute Gasteiger partial charge is 0.140 e. The largest absolute Gasteiger partial charge is 0.492 e. The van der Waals surface area contributed by atoms with Crippen LogP contribution in [0.15, 0.2) is 77.8 Å². The summed E-state index contributed by atoms with van der Waals surface area (Å²) in [6.45, 7) is 0.464. The Labute approximate surface area is 195 Å². The van der Waals surface area contributed by atoms with Crippen LogP contribution in [0.3, 0.4) is 0 Å². The molecule has 0 saturated carbocycles. The van der Waals surface area contributed by atoms with Gasteiger partial charge >= 0.3 is 0 Å². The highest BCUT2D eigenvalue weighted by atomic mass is 32.2. The van der Waals surface area contributed by atoms with E-state index in [1.165, 1.54) is 0 Å². The predicted octanol–water partition coefficient (Wildman–Crippen LogP) is 4.49. The molecule has 5 nitrogen and oxygen atoms in total. The number of hydrogen-bond acceptors (Lipinski definition) is 3. The first kappa shape index (κ1) is 21.6. The van der Waals surface area contributed by atoms with Gasteiger partial charge < -0.3 is 14.8 Å². The molecule has 3 aromatic carbocycles. The van der Waals surface area contributed by atoms with Crippen LogP contribution >= 0.6 is 0 Å². The van der Waals surface area contributed by atoms with Gasteiger partial charge in [0.15, 0.2) is 0 Å². The minimum Gasteiger partial charge on any atom is -0.492 e. The fourth-order valence-corrected chi connectivity index (χ4v) is 5.40. The highest BCUT2D eigenvalue weighted by molar-refractivity contribution is 7.83. The Morgan fingerprint density at radius 2 is 1.85 bits per heavy atom. The number of aliphatic hydroxyl groups is 1. The number of benzene rings is 3. The van der Waals surface area contributed by atoms with Crippen molar-refractivity contribution in [2.45, 2.75) is 23.8 Å². The Hall–Kier alpha value is -3.19. The summed E-state index contributed by atoms with van der Waals surface area (Å²) in [6.07, 6.45) is 7.39. The lowest BCUT2D eigenvalue weighted by atomic mass is 10.1. The molecule has 5 rings (SSSR count). The average molecular weight is 459 g/mol. The Balaban J connectivity index is 1.38. The van der Waals surface area contributed by atoms with Gasteiger partial charge in [0.1, 0.15) is 16.7 Å². The molecular weight excluding hydrogens is 432 g/mol. The summed E-state index contributed by atoms with van der Waals surface area (Å²) >= 11 is 0. The van der Waals surface area contributed by atoms with E-state index in [2.05, 4.69) is 21.8 Å². The molecule has 0 aliphatic carbocycles. The highest BCUT2D eigenvalue weighted by Gasteiger charge is 2.23. The van der Waals surface area contributed by atoms with Crippen molar-refractivity contribution >= 4 is 34.0 Å². The molecule has 1 aromatic heterocycles. The number of aromatic amines is 1. The summed E-state index contributed by atoms with van der Waals surface area (Å²) in [6, 6.07) is 21.8. The number of fused-ring (bicyclic) bond motifs is 2. The van der Waals surface area contributed by atoms with Crippen molar-refractivity contribution in [3.8, 4) is 5.75 Å². The maximum absolute atomic E-state index is 13.4. The maximum atomic E-state index is 13.4. The molecule has 0 fully saturated rings. The van der Waals surface area contributed by atoms with Crippen LogP contribution in [0.5, 0.6) is 5.75 Å². The van der Waals surface area contributed by atoms with E-state index in [9.17, 15) is 9.32 Å². The molecule has 33 heavy (non-hydrogen) atoms. The van der Waals surface area contributed by atoms with Gasteiger partial charge in [0.25, 0.3) is 0 Å². The second-order valence-electron chi connectivity index (χ2n) is 8.18. The van der Waals surface area contributed by atoms with Crippen molar-refractivity contribution in [3.05, 3.63) is 95.2 Å². The second-order valence-corrected chi connectivity index (χ2v) is 9.39. The van der Waals surface area contributed by atoms with Gasteiger partial charge in [-0.15, -0.1) is 0 Å². The minimum absolute atomic E-state index is 0.123. The predicted molar refractivity (Wildman–Crippen MR) is 133 cm³/mol. The van der Waals surface area contributed by atoms with Crippen LogP contribution in [0.2, 0.25) is 0 Å². The summed E-state index contributed by atoms with van der Waals surface area (Å²) in [5.74, 6) is 0.696. The lowest BCUT2D eigenvalue weighted by Gasteiger charge is -2.17. The zero-order valence-corrected chi connectivity index (χ0v) is 19.0. The molecule has 168 valence electrons. The van der Waals surface area contributed by atoms with Crippen LogP contribution in [0.25, 0.3) is 23.1 Å². The number of H-pyrrole nitrogens is 1. The number of aromatic nitrogens is 1. The normalized spacial score (nSPS) is 14.9. The van der Waals surface area contributed by atoms with Gasteiger partial charge in [-0.1, -0.05) is 60.7 Å². The van der Waals surface area contributed by atoms with Gasteiger partial charge in [-0.05, 0) is 46.9 Å². The molecule has 0 amide bonds. The Bertz CT molecular complexity index is 1310. The minimum atomic E-state index is -1.53. The third kappa shape index (κ3) is 4.78. The van der Waals surface area contributed by atoms with Crippen molar-refractivity contribution < 1.29 is 14.1 Å². The van der Waals surface area contributed by atoms with Crippen molar-refractivity contribution in [1.82, 2.24) is 9.71 Å². The summed E-state index contributed by atoms with van der Waals surface area (Å²) in [4.78, 5) is 3.88. The topological polar surface area (TPSA) is 74.4 Å². The molecule has 2 unspecified atom stereocenters. The Morgan fingerprint density at radius 1 is 1.06 bits per heavy atom. The zero-order chi connectivity index (χ0) is 22.6. The quantitative estimate of drug-likeness (QED) is 0.341. The van der Waals surface area contributed by atoms with Crippen LogP contribution in [0.4, 0.5) is 0 Å². The van der Waals surface area contributed by atoms with Crippen LogP contribution in [-0.2, 0) is 23.8 Å².